The number of para-hydroxylation sites is 1. The monoisotopic (exact) mass is 307 g/mol. The van der Waals surface area contributed by atoms with Gasteiger partial charge in [-0.25, -0.2) is 4.39 Å². The highest BCUT2D eigenvalue weighted by atomic mass is 32.1. The number of rotatable bonds is 4. The molecule has 1 N–H and O–H groups in total. The molecule has 0 atom stereocenters. The third-order valence-electron chi connectivity index (χ3n) is 2.54. The van der Waals surface area contributed by atoms with Crippen molar-refractivity contribution in [3.05, 3.63) is 56.0 Å². The summed E-state index contributed by atoms with van der Waals surface area (Å²) in [5, 5.41) is 21.3. The third-order valence-corrected chi connectivity index (χ3v) is 3.43. The van der Waals surface area contributed by atoms with Gasteiger partial charge in [0.1, 0.15) is 13.2 Å². The number of hydrogen-bond acceptors (Lipinski definition) is 5. The van der Waals surface area contributed by atoms with Gasteiger partial charge in [0.2, 0.25) is 5.75 Å². The fourth-order valence-corrected chi connectivity index (χ4v) is 2.36. The molecule has 0 amide bonds. The molecule has 0 unspecified atom stereocenters. The van der Waals surface area contributed by atoms with Gasteiger partial charge in [0, 0.05) is 11.6 Å². The Hall–Kier alpha value is -2.43. The smallest absolute Gasteiger partial charge is 0.314 e. The molecule has 1 heterocycles. The molecular formula is C14H10FNO4S. The zero-order valence-electron chi connectivity index (χ0n) is 10.7. The molecule has 0 fully saturated rings. The number of aliphatic hydroxyl groups is 1. The number of nitro groups is 1. The molecular weight excluding hydrogens is 297 g/mol. The number of nitro benzene ring substituents is 1. The largest absolute Gasteiger partial charge is 0.479 e. The molecule has 0 saturated heterocycles. The van der Waals surface area contributed by atoms with Gasteiger partial charge < -0.3 is 9.84 Å². The number of ether oxygens (including phenoxy) is 1. The third kappa shape index (κ3) is 3.56. The number of hydrogen-bond donors (Lipinski definition) is 1. The van der Waals surface area contributed by atoms with E-state index < -0.39 is 22.2 Å². The van der Waals surface area contributed by atoms with Crippen molar-refractivity contribution < 1.29 is 19.2 Å². The lowest BCUT2D eigenvalue weighted by molar-refractivity contribution is -0.386. The predicted molar refractivity (Wildman–Crippen MR) is 75.7 cm³/mol. The molecule has 0 aliphatic rings. The highest BCUT2D eigenvalue weighted by molar-refractivity contribution is 7.10. The van der Waals surface area contributed by atoms with Gasteiger partial charge in [0.05, 0.1) is 9.80 Å². The molecule has 0 aliphatic heterocycles. The van der Waals surface area contributed by atoms with Gasteiger partial charge in [-0.15, -0.1) is 11.3 Å². The summed E-state index contributed by atoms with van der Waals surface area (Å²) >= 11 is 1.34. The molecule has 0 bridgehead atoms. The van der Waals surface area contributed by atoms with Gasteiger partial charge in [-0.3, -0.25) is 10.1 Å². The maximum absolute atomic E-state index is 13.7. The quantitative estimate of drug-likeness (QED) is 0.535. The summed E-state index contributed by atoms with van der Waals surface area (Å²) in [5.74, 6) is 4.06. The van der Waals surface area contributed by atoms with Crippen LogP contribution >= 0.6 is 11.3 Å². The topological polar surface area (TPSA) is 72.6 Å². The highest BCUT2D eigenvalue weighted by Gasteiger charge is 2.19. The lowest BCUT2D eigenvalue weighted by Gasteiger charge is -2.06. The van der Waals surface area contributed by atoms with Crippen LogP contribution in [0.1, 0.15) is 10.4 Å². The van der Waals surface area contributed by atoms with E-state index in [9.17, 15) is 14.5 Å². The van der Waals surface area contributed by atoms with E-state index in [4.69, 9.17) is 9.84 Å². The van der Waals surface area contributed by atoms with Crippen LogP contribution in [0, 0.1) is 27.8 Å². The molecule has 0 spiro atoms. The molecule has 108 valence electrons. The van der Waals surface area contributed by atoms with Gasteiger partial charge in [-0.05, 0) is 17.5 Å². The fraction of sp³-hybridized carbons (Fsp3) is 0.143. The lowest BCUT2D eigenvalue weighted by Crippen LogP contribution is -2.01. The summed E-state index contributed by atoms with van der Waals surface area (Å²) in [6.07, 6.45) is 0. The minimum absolute atomic E-state index is 0.0329. The first-order valence-electron chi connectivity index (χ1n) is 5.85. The molecule has 21 heavy (non-hydrogen) atoms. The van der Waals surface area contributed by atoms with Crippen LogP contribution in [0.25, 0.3) is 0 Å². The van der Waals surface area contributed by atoms with Crippen LogP contribution in [0.5, 0.6) is 5.75 Å². The van der Waals surface area contributed by atoms with E-state index in [0.29, 0.717) is 10.4 Å². The number of benzene rings is 1. The van der Waals surface area contributed by atoms with E-state index in [2.05, 4.69) is 11.8 Å². The van der Waals surface area contributed by atoms with E-state index >= 15 is 0 Å². The first-order chi connectivity index (χ1) is 10.1. The van der Waals surface area contributed by atoms with E-state index in [-0.39, 0.29) is 13.2 Å². The molecule has 0 saturated carbocycles. The van der Waals surface area contributed by atoms with Gasteiger partial charge >= 0.3 is 5.69 Å². The summed E-state index contributed by atoms with van der Waals surface area (Å²) in [6.45, 7) is -0.302. The fourth-order valence-electron chi connectivity index (χ4n) is 1.62. The van der Waals surface area contributed by atoms with Crippen LogP contribution < -0.4 is 4.74 Å². The maximum Gasteiger partial charge on any atom is 0.314 e. The molecule has 2 rings (SSSR count). The van der Waals surface area contributed by atoms with Crippen molar-refractivity contribution in [1.82, 2.24) is 0 Å². The average molecular weight is 307 g/mol. The van der Waals surface area contributed by atoms with Gasteiger partial charge in [-0.1, -0.05) is 17.9 Å². The maximum atomic E-state index is 13.7. The van der Waals surface area contributed by atoms with Crippen molar-refractivity contribution in [2.45, 2.75) is 6.61 Å². The minimum atomic E-state index is -0.788. The summed E-state index contributed by atoms with van der Waals surface area (Å²) in [7, 11) is 0. The van der Waals surface area contributed by atoms with Crippen LogP contribution in [-0.4, -0.2) is 16.6 Å². The van der Waals surface area contributed by atoms with E-state index in [1.807, 2.05) is 0 Å². The first-order valence-corrected chi connectivity index (χ1v) is 6.73. The number of nitrogens with zero attached hydrogens (tertiary/aromatic N) is 1. The normalized spacial score (nSPS) is 9.81. The van der Waals surface area contributed by atoms with E-state index in [1.165, 1.54) is 23.5 Å². The molecule has 0 aliphatic carbocycles. The van der Waals surface area contributed by atoms with Crippen LogP contribution in [0.4, 0.5) is 10.1 Å². The number of thiophene rings is 1. The average Bonchev–Trinajstić information content (AvgIpc) is 2.90. The Morgan fingerprint density at radius 3 is 2.95 bits per heavy atom. The Bertz CT molecular complexity index is 717. The van der Waals surface area contributed by atoms with Crippen LogP contribution in [0.15, 0.2) is 29.6 Å². The van der Waals surface area contributed by atoms with Crippen molar-refractivity contribution >= 4 is 17.0 Å². The summed E-state index contributed by atoms with van der Waals surface area (Å²) in [5.41, 5.74) is 0.225. The molecule has 0 radical (unpaired) electrons. The molecule has 1 aromatic carbocycles. The number of halogens is 1. The molecule has 1 aromatic heterocycles. The molecule has 7 heteroatoms. The van der Waals surface area contributed by atoms with Crippen molar-refractivity contribution in [3.63, 3.8) is 0 Å². The van der Waals surface area contributed by atoms with E-state index in [1.54, 1.807) is 11.4 Å². The van der Waals surface area contributed by atoms with Gasteiger partial charge in [0.15, 0.2) is 5.82 Å². The Morgan fingerprint density at radius 2 is 2.24 bits per heavy atom. The zero-order valence-corrected chi connectivity index (χ0v) is 11.5. The Balaban J connectivity index is 2.21. The highest BCUT2D eigenvalue weighted by Crippen LogP contribution is 2.31. The Morgan fingerprint density at radius 1 is 1.43 bits per heavy atom. The lowest BCUT2D eigenvalue weighted by atomic mass is 10.2. The molecule has 2 aromatic rings. The van der Waals surface area contributed by atoms with Crippen LogP contribution in [-0.2, 0) is 6.61 Å². The predicted octanol–water partition coefficient (Wildman–Crippen LogP) is 2.72. The van der Waals surface area contributed by atoms with Crippen molar-refractivity contribution in [2.24, 2.45) is 0 Å². The first kappa shape index (κ1) is 15.0. The SMILES string of the molecule is O=[N+]([O-])c1cccc(F)c1OCc1sccc1C#CCO. The summed E-state index contributed by atoms with van der Waals surface area (Å²) in [4.78, 5) is 10.9. The van der Waals surface area contributed by atoms with E-state index in [0.717, 1.165) is 6.07 Å². The summed E-state index contributed by atoms with van der Waals surface area (Å²) < 4.78 is 18.9. The standard InChI is InChI=1S/C14H10FNO4S/c15-11-4-1-5-12(16(18)19)14(11)20-9-13-10(3-2-7-17)6-8-21-13/h1,4-6,8,17H,7,9H2. The second kappa shape index (κ2) is 6.83. The second-order valence-corrected chi connectivity index (χ2v) is 4.85. The summed E-state index contributed by atoms with van der Waals surface area (Å²) in [6, 6.07) is 5.27. The van der Waals surface area contributed by atoms with Crippen molar-refractivity contribution in [2.75, 3.05) is 6.61 Å². The molecule has 5 nitrogen and oxygen atoms in total. The Labute approximate surface area is 123 Å². The van der Waals surface area contributed by atoms with Gasteiger partial charge in [-0.2, -0.15) is 0 Å². The minimum Gasteiger partial charge on any atom is -0.479 e. The zero-order chi connectivity index (χ0) is 15.2. The Kier molecular flexibility index (Phi) is 4.87. The second-order valence-electron chi connectivity index (χ2n) is 3.85. The van der Waals surface area contributed by atoms with Crippen LogP contribution in [0.2, 0.25) is 0 Å². The van der Waals surface area contributed by atoms with Crippen molar-refractivity contribution in [1.29, 1.82) is 0 Å². The van der Waals surface area contributed by atoms with Crippen molar-refractivity contribution in [3.8, 4) is 17.6 Å². The van der Waals surface area contributed by atoms with Gasteiger partial charge in [0.25, 0.3) is 0 Å². The van der Waals surface area contributed by atoms with Crippen LogP contribution in [0.3, 0.4) is 0 Å². The number of aliphatic hydroxyl groups excluding tert-OH is 1.